The van der Waals surface area contributed by atoms with E-state index in [9.17, 15) is 0 Å². The summed E-state index contributed by atoms with van der Waals surface area (Å²) in [7, 11) is -3.27. The molecule has 0 unspecified atom stereocenters. The molecule has 53 heavy (non-hydrogen) atoms. The van der Waals surface area contributed by atoms with Crippen molar-refractivity contribution in [1.82, 2.24) is 19.9 Å². The van der Waals surface area contributed by atoms with Gasteiger partial charge < -0.3 is 0 Å². The Hall–Kier alpha value is -6.82. The fourth-order valence-corrected chi connectivity index (χ4v) is 13.2. The molecule has 0 saturated carbocycles. The van der Waals surface area contributed by atoms with Crippen molar-refractivity contribution in [2.45, 2.75) is 0 Å². The van der Waals surface area contributed by atoms with Gasteiger partial charge in [-0.2, -0.15) is 10.4 Å². The summed E-state index contributed by atoms with van der Waals surface area (Å²) in [6.45, 7) is 0. The Morgan fingerprint density at radius 1 is 0.283 bits per heavy atom. The summed E-state index contributed by atoms with van der Waals surface area (Å²) >= 11 is 0. The lowest BCUT2D eigenvalue weighted by molar-refractivity contribution is 1.23. The average Bonchev–Trinajstić information content (AvgIpc) is 3.59. The zero-order valence-corrected chi connectivity index (χ0v) is 29.9. The lowest BCUT2D eigenvalue weighted by atomic mass is 9.90. The van der Waals surface area contributed by atoms with Gasteiger partial charge in [0.15, 0.2) is 0 Å². The highest BCUT2D eigenvalue weighted by Crippen LogP contribution is 2.55. The fourth-order valence-electron chi connectivity index (χ4n) is 7.76. The third-order valence-electron chi connectivity index (χ3n) is 9.90. The van der Waals surface area contributed by atoms with Gasteiger partial charge in [0.2, 0.25) is 0 Å². The van der Waals surface area contributed by atoms with Crippen LogP contribution in [-0.4, -0.2) is 28.0 Å². The van der Waals surface area contributed by atoms with Crippen LogP contribution >= 0.6 is 0 Å². The van der Waals surface area contributed by atoms with E-state index in [0.29, 0.717) is 0 Å². The maximum Gasteiger partial charge on any atom is 0.0892 e. The molecule has 0 saturated heterocycles. The van der Waals surface area contributed by atoms with Gasteiger partial charge in [0.05, 0.1) is 22.8 Å². The zero-order chi connectivity index (χ0) is 35.5. The number of aromatic nitrogens is 4. The molecule has 0 bridgehead atoms. The van der Waals surface area contributed by atoms with Crippen molar-refractivity contribution < 1.29 is 0 Å². The molecule has 0 aliphatic carbocycles. The van der Waals surface area contributed by atoms with E-state index >= 15 is 0 Å². The quantitative estimate of drug-likeness (QED) is 0.149. The number of hydrogen-bond donors (Lipinski definition) is 0. The Kier molecular flexibility index (Phi) is 8.52. The first kappa shape index (κ1) is 32.1. The van der Waals surface area contributed by atoms with Gasteiger partial charge in [-0.05, 0) is 78.9 Å². The van der Waals surface area contributed by atoms with Crippen molar-refractivity contribution in [1.29, 1.82) is 0 Å². The van der Waals surface area contributed by atoms with E-state index in [1.54, 1.807) is 0 Å². The van der Waals surface area contributed by atoms with Gasteiger partial charge in [0.1, 0.15) is 0 Å². The monoisotopic (exact) mass is 694 g/mol. The number of benzene rings is 4. The molecule has 9 rings (SSSR count). The number of pyridine rings is 4. The van der Waals surface area contributed by atoms with Crippen LogP contribution in [-0.2, 0) is 0 Å². The molecule has 5 heterocycles. The third kappa shape index (κ3) is 5.74. The lowest BCUT2D eigenvalue weighted by Crippen LogP contribution is -2.60. The molecule has 4 nitrogen and oxygen atoms in total. The van der Waals surface area contributed by atoms with E-state index in [1.807, 2.05) is 48.8 Å². The highest BCUT2D eigenvalue weighted by molar-refractivity contribution is 7.29. The Bertz CT molecular complexity index is 2390. The summed E-state index contributed by atoms with van der Waals surface area (Å²) in [6, 6.07) is 68.4. The largest absolute Gasteiger partial charge is 0.255 e. The Morgan fingerprint density at radius 3 is 1.00 bits per heavy atom. The molecule has 0 fully saturated rings. The molecule has 4 aromatic carbocycles. The molecule has 0 radical (unpaired) electrons. The summed E-state index contributed by atoms with van der Waals surface area (Å²) in [5, 5.41) is 4.95. The van der Waals surface area contributed by atoms with Crippen LogP contribution in [0.3, 0.4) is 0 Å². The lowest BCUT2D eigenvalue weighted by Gasteiger charge is -2.47. The molecule has 8 aromatic rings. The molecule has 4 aromatic heterocycles. The molecular weight excluding hydrogens is 661 g/mol. The summed E-state index contributed by atoms with van der Waals surface area (Å²) in [6.07, 6.45) is 3.66. The van der Waals surface area contributed by atoms with Crippen LogP contribution in [0.15, 0.2) is 207 Å². The number of rotatable bonds is 8. The van der Waals surface area contributed by atoms with E-state index in [-0.39, 0.29) is 0 Å². The molecule has 0 amide bonds. The van der Waals surface area contributed by atoms with Crippen molar-refractivity contribution in [3.8, 4) is 22.8 Å². The molecule has 0 N–H and O–H groups in total. The minimum Gasteiger partial charge on any atom is -0.255 e. The molecule has 251 valence electrons. The van der Waals surface area contributed by atoms with Crippen molar-refractivity contribution in [3.05, 3.63) is 229 Å². The molecule has 5 heteroatoms. The molecule has 1 aliphatic heterocycles. The highest BCUT2D eigenvalue weighted by Gasteiger charge is 2.43. The maximum atomic E-state index is 5.53. The topological polar surface area (TPSA) is 51.6 Å². The highest BCUT2D eigenvalue weighted by atomic mass is 28.3. The van der Waals surface area contributed by atoms with Crippen molar-refractivity contribution >= 4 is 40.0 Å². The van der Waals surface area contributed by atoms with Gasteiger partial charge >= 0.3 is 0 Å². The second-order valence-electron chi connectivity index (χ2n) is 13.0. The van der Waals surface area contributed by atoms with Crippen LogP contribution in [0, 0.1) is 0 Å². The van der Waals surface area contributed by atoms with Crippen molar-refractivity contribution in [2.75, 3.05) is 0 Å². The average molecular weight is 695 g/mol. The minimum atomic E-state index is -3.27. The van der Waals surface area contributed by atoms with E-state index in [0.717, 1.165) is 45.3 Å². The summed E-state index contributed by atoms with van der Waals surface area (Å²) in [5.41, 5.74) is 9.78. The van der Waals surface area contributed by atoms with E-state index in [4.69, 9.17) is 19.9 Å². The summed E-state index contributed by atoms with van der Waals surface area (Å²) in [5.74, 6) is 0. The predicted molar refractivity (Wildman–Crippen MR) is 219 cm³/mol. The minimum absolute atomic E-state index is 0.831. The van der Waals surface area contributed by atoms with Crippen LogP contribution < -0.4 is 10.4 Å². The standard InChI is InChI=1S/C48H34N4Si/c1-5-19-35(20-6-1)45-46(36-21-7-2-8-22-36)48(44-32-18-30-42(52-44)40-28-14-16-34-50-40)53(37-23-9-3-10-24-37,38-25-11-4-12-26-38)47(45)43-31-17-29-41(51-43)39-27-13-15-33-49-39/h1-34H/q-1. The first-order valence-electron chi connectivity index (χ1n) is 17.8. The second kappa shape index (κ2) is 14.1. The maximum absolute atomic E-state index is 5.53. The molecule has 0 spiro atoms. The SMILES string of the molecule is c1ccc(C2=C(c3cccc(-c4ccccn4)n3)[Si-](c3ccccc3)(c3ccccc3)C(c3cccc(-c4ccccn4)n3)=C2c2ccccc2)cc1. The van der Waals surface area contributed by atoms with Crippen molar-refractivity contribution in [3.63, 3.8) is 0 Å². The van der Waals surface area contributed by atoms with Crippen LogP contribution in [0.5, 0.6) is 0 Å². The third-order valence-corrected chi connectivity index (χ3v) is 14.8. The Labute approximate surface area is 310 Å². The van der Waals surface area contributed by atoms with Crippen LogP contribution in [0.4, 0.5) is 0 Å². The summed E-state index contributed by atoms with van der Waals surface area (Å²) in [4.78, 5) is 20.5. The van der Waals surface area contributed by atoms with E-state index in [2.05, 4.69) is 158 Å². The smallest absolute Gasteiger partial charge is 0.0892 e. The van der Waals surface area contributed by atoms with Crippen LogP contribution in [0.2, 0.25) is 0 Å². The molecular formula is C48H34N4Si-. The van der Waals surface area contributed by atoms with Gasteiger partial charge in [-0.3, -0.25) is 9.97 Å². The van der Waals surface area contributed by atoms with Crippen LogP contribution in [0.1, 0.15) is 22.5 Å². The second-order valence-corrected chi connectivity index (χ2v) is 16.6. The normalized spacial score (nSPS) is 13.7. The van der Waals surface area contributed by atoms with Gasteiger partial charge in [-0.25, -0.2) is 9.97 Å². The number of nitrogens with zero attached hydrogens (tertiary/aromatic N) is 4. The zero-order valence-electron chi connectivity index (χ0n) is 28.9. The number of hydrogen-bond acceptors (Lipinski definition) is 4. The predicted octanol–water partition coefficient (Wildman–Crippen LogP) is 9.48. The Balaban J connectivity index is 1.49. The van der Waals surface area contributed by atoms with Gasteiger partial charge in [-0.1, -0.05) is 146 Å². The van der Waals surface area contributed by atoms with E-state index in [1.165, 1.54) is 31.9 Å². The Morgan fingerprint density at radius 2 is 0.623 bits per heavy atom. The van der Waals surface area contributed by atoms with Crippen LogP contribution in [0.25, 0.3) is 44.3 Å². The van der Waals surface area contributed by atoms with Crippen molar-refractivity contribution in [2.24, 2.45) is 0 Å². The van der Waals surface area contributed by atoms with Gasteiger partial charge in [-0.15, -0.1) is 10.4 Å². The first-order chi connectivity index (χ1) is 26.3. The summed E-state index contributed by atoms with van der Waals surface area (Å²) < 4.78 is 0. The van der Waals surface area contributed by atoms with E-state index < -0.39 is 8.07 Å². The fraction of sp³-hybridized carbons (Fsp3) is 0. The molecule has 1 aliphatic rings. The van der Waals surface area contributed by atoms with Gasteiger partial charge in [0.25, 0.3) is 0 Å². The first-order valence-corrected chi connectivity index (χ1v) is 19.8. The van der Waals surface area contributed by atoms with Gasteiger partial charge in [0, 0.05) is 23.8 Å². The molecule has 0 atom stereocenters. The number of allylic oxidation sites excluding steroid dienone is 2.